The van der Waals surface area contributed by atoms with E-state index >= 15 is 0 Å². The average Bonchev–Trinajstić information content (AvgIpc) is 2.26. The Morgan fingerprint density at radius 1 is 1.19 bits per heavy atom. The first kappa shape index (κ1) is 11.1. The highest BCUT2D eigenvalue weighted by Gasteiger charge is 2.20. The molecule has 0 saturated carbocycles. The summed E-state index contributed by atoms with van der Waals surface area (Å²) in [5.41, 5.74) is 2.37. The molecule has 1 aromatic heterocycles. The lowest BCUT2D eigenvalue weighted by molar-refractivity contribution is 0.588. The van der Waals surface area contributed by atoms with Crippen molar-refractivity contribution in [1.82, 2.24) is 9.97 Å². The molecule has 0 bridgehead atoms. The topological polar surface area (TPSA) is 54.9 Å². The SMILES string of the molecule is CNc1ccc2nccnc2c1P(C)(C)=O. The average molecular weight is 235 g/mol. The summed E-state index contributed by atoms with van der Waals surface area (Å²) in [7, 11) is -0.567. The van der Waals surface area contributed by atoms with Crippen molar-refractivity contribution in [3.8, 4) is 0 Å². The Bertz CT molecular complexity index is 576. The zero-order valence-corrected chi connectivity index (χ0v) is 10.5. The minimum Gasteiger partial charge on any atom is -0.387 e. The molecule has 0 amide bonds. The molecule has 0 fully saturated rings. The fourth-order valence-electron chi connectivity index (χ4n) is 1.77. The summed E-state index contributed by atoms with van der Waals surface area (Å²) in [5, 5.41) is 3.83. The van der Waals surface area contributed by atoms with Crippen LogP contribution in [-0.4, -0.2) is 30.3 Å². The second-order valence-corrected chi connectivity index (χ2v) is 7.14. The molecule has 0 spiro atoms. The summed E-state index contributed by atoms with van der Waals surface area (Å²) in [6.45, 7) is 3.49. The maximum atomic E-state index is 12.3. The van der Waals surface area contributed by atoms with Crippen LogP contribution in [-0.2, 0) is 4.57 Å². The molecule has 0 aliphatic rings. The van der Waals surface area contributed by atoms with Crippen molar-refractivity contribution in [1.29, 1.82) is 0 Å². The van der Waals surface area contributed by atoms with Gasteiger partial charge in [0.1, 0.15) is 12.7 Å². The Labute approximate surface area is 94.5 Å². The van der Waals surface area contributed by atoms with Gasteiger partial charge in [0.25, 0.3) is 0 Å². The van der Waals surface area contributed by atoms with E-state index in [9.17, 15) is 4.57 Å². The Morgan fingerprint density at radius 3 is 2.50 bits per heavy atom. The number of nitrogens with one attached hydrogen (secondary N) is 1. The summed E-state index contributed by atoms with van der Waals surface area (Å²) in [5.74, 6) is 0. The van der Waals surface area contributed by atoms with Gasteiger partial charge < -0.3 is 9.88 Å². The van der Waals surface area contributed by atoms with Crippen molar-refractivity contribution in [2.24, 2.45) is 0 Å². The molecule has 1 aromatic carbocycles. The standard InChI is InChI=1S/C11H14N3OP/c1-12-9-5-4-8-10(14-7-6-13-8)11(9)16(2,3)15/h4-7,12H,1-3H3. The number of nitrogens with zero attached hydrogens (tertiary/aromatic N) is 2. The van der Waals surface area contributed by atoms with E-state index in [0.717, 1.165) is 22.0 Å². The Kier molecular flexibility index (Phi) is 2.68. The van der Waals surface area contributed by atoms with Gasteiger partial charge in [0.05, 0.1) is 10.8 Å². The smallest absolute Gasteiger partial charge is 0.114 e. The van der Waals surface area contributed by atoms with E-state index in [2.05, 4.69) is 15.3 Å². The van der Waals surface area contributed by atoms with E-state index in [1.54, 1.807) is 25.7 Å². The van der Waals surface area contributed by atoms with Gasteiger partial charge in [-0.05, 0) is 25.5 Å². The van der Waals surface area contributed by atoms with Crippen LogP contribution in [0.4, 0.5) is 5.69 Å². The molecule has 1 N–H and O–H groups in total. The van der Waals surface area contributed by atoms with Crippen LogP contribution in [0.5, 0.6) is 0 Å². The highest BCUT2D eigenvalue weighted by molar-refractivity contribution is 7.71. The van der Waals surface area contributed by atoms with Crippen molar-refractivity contribution in [3.63, 3.8) is 0 Å². The van der Waals surface area contributed by atoms with E-state index in [-0.39, 0.29) is 0 Å². The van der Waals surface area contributed by atoms with Crippen molar-refractivity contribution in [3.05, 3.63) is 24.5 Å². The van der Waals surface area contributed by atoms with Crippen molar-refractivity contribution < 1.29 is 4.57 Å². The first-order valence-corrected chi connectivity index (χ1v) is 7.61. The molecular formula is C11H14N3OP. The Hall–Kier alpha value is -1.41. The molecule has 2 rings (SSSR count). The Morgan fingerprint density at radius 2 is 1.88 bits per heavy atom. The number of hydrogen-bond donors (Lipinski definition) is 1. The van der Waals surface area contributed by atoms with E-state index in [1.807, 2.05) is 19.2 Å². The highest BCUT2D eigenvalue weighted by atomic mass is 31.2. The van der Waals surface area contributed by atoms with Gasteiger partial charge in [-0.15, -0.1) is 0 Å². The third-order valence-corrected chi connectivity index (χ3v) is 3.95. The second kappa shape index (κ2) is 3.87. The minimum absolute atomic E-state index is 0.725. The van der Waals surface area contributed by atoms with Gasteiger partial charge in [-0.25, -0.2) is 0 Å². The molecule has 0 aliphatic heterocycles. The van der Waals surface area contributed by atoms with E-state index in [1.165, 1.54) is 0 Å². The molecule has 0 atom stereocenters. The monoisotopic (exact) mass is 235 g/mol. The number of aromatic nitrogens is 2. The maximum absolute atomic E-state index is 12.3. The van der Waals surface area contributed by atoms with E-state index in [0.29, 0.717) is 0 Å². The normalized spacial score (nSPS) is 11.7. The molecule has 4 nitrogen and oxygen atoms in total. The fourth-order valence-corrected chi connectivity index (χ4v) is 3.22. The third-order valence-electron chi connectivity index (χ3n) is 2.42. The maximum Gasteiger partial charge on any atom is 0.114 e. The first-order chi connectivity index (χ1) is 7.54. The molecule has 5 heteroatoms. The number of benzene rings is 1. The molecular weight excluding hydrogens is 221 g/mol. The summed E-state index contributed by atoms with van der Waals surface area (Å²) in [6, 6.07) is 3.78. The molecule has 2 aromatic rings. The van der Waals surface area contributed by atoms with Crippen LogP contribution in [0.25, 0.3) is 11.0 Å². The van der Waals surface area contributed by atoms with Crippen LogP contribution in [0.3, 0.4) is 0 Å². The van der Waals surface area contributed by atoms with E-state index < -0.39 is 7.14 Å². The molecule has 0 radical (unpaired) electrons. The third kappa shape index (κ3) is 1.81. The largest absolute Gasteiger partial charge is 0.387 e. The van der Waals surface area contributed by atoms with Crippen LogP contribution >= 0.6 is 7.14 Å². The number of anilines is 1. The molecule has 0 unspecified atom stereocenters. The van der Waals surface area contributed by atoms with Gasteiger partial charge in [0, 0.05) is 25.1 Å². The van der Waals surface area contributed by atoms with Gasteiger partial charge in [0.2, 0.25) is 0 Å². The quantitative estimate of drug-likeness (QED) is 0.808. The van der Waals surface area contributed by atoms with Gasteiger partial charge in [-0.2, -0.15) is 0 Å². The minimum atomic E-state index is -2.38. The molecule has 1 heterocycles. The molecule has 0 saturated heterocycles. The second-order valence-electron chi connectivity index (χ2n) is 3.99. The number of rotatable bonds is 2. The number of fused-ring (bicyclic) bond motifs is 1. The lowest BCUT2D eigenvalue weighted by Gasteiger charge is -2.14. The van der Waals surface area contributed by atoms with Crippen molar-refractivity contribution in [2.75, 3.05) is 25.7 Å². The molecule has 0 aliphatic carbocycles. The zero-order chi connectivity index (χ0) is 11.8. The van der Waals surface area contributed by atoms with Gasteiger partial charge in [0.15, 0.2) is 0 Å². The lowest BCUT2D eigenvalue weighted by atomic mass is 10.2. The summed E-state index contributed by atoms with van der Waals surface area (Å²) >= 11 is 0. The zero-order valence-electron chi connectivity index (χ0n) is 9.56. The van der Waals surface area contributed by atoms with Crippen molar-refractivity contribution in [2.45, 2.75) is 0 Å². The fraction of sp³-hybridized carbons (Fsp3) is 0.273. The molecule has 84 valence electrons. The summed E-state index contributed by atoms with van der Waals surface area (Å²) < 4.78 is 12.3. The number of hydrogen-bond acceptors (Lipinski definition) is 4. The van der Waals surface area contributed by atoms with Gasteiger partial charge in [-0.1, -0.05) is 0 Å². The summed E-state index contributed by atoms with van der Waals surface area (Å²) in [4.78, 5) is 8.50. The predicted octanol–water partition coefficient (Wildman–Crippen LogP) is 1.92. The van der Waals surface area contributed by atoms with Crippen LogP contribution in [0, 0.1) is 0 Å². The Balaban J connectivity index is 2.89. The van der Waals surface area contributed by atoms with Crippen LogP contribution in [0.2, 0.25) is 0 Å². The lowest BCUT2D eigenvalue weighted by Crippen LogP contribution is -2.12. The first-order valence-electron chi connectivity index (χ1n) is 5.01. The van der Waals surface area contributed by atoms with Crippen LogP contribution < -0.4 is 10.6 Å². The highest BCUT2D eigenvalue weighted by Crippen LogP contribution is 2.39. The van der Waals surface area contributed by atoms with E-state index in [4.69, 9.17) is 0 Å². The van der Waals surface area contributed by atoms with Gasteiger partial charge >= 0.3 is 0 Å². The van der Waals surface area contributed by atoms with Crippen molar-refractivity contribution >= 4 is 29.2 Å². The summed E-state index contributed by atoms with van der Waals surface area (Å²) in [6.07, 6.45) is 3.27. The molecule has 16 heavy (non-hydrogen) atoms. The van der Waals surface area contributed by atoms with Gasteiger partial charge in [-0.3, -0.25) is 9.97 Å². The van der Waals surface area contributed by atoms with Crippen LogP contribution in [0.1, 0.15) is 0 Å². The van der Waals surface area contributed by atoms with Crippen LogP contribution in [0.15, 0.2) is 24.5 Å². The predicted molar refractivity (Wildman–Crippen MR) is 68.2 cm³/mol.